The van der Waals surface area contributed by atoms with Crippen LogP contribution in [0.15, 0.2) is 48.5 Å². The number of carbonyl (C=O) groups is 1. The van der Waals surface area contributed by atoms with Crippen LogP contribution in [0, 0.1) is 5.92 Å². The molecular formula is C17H16ClNO. The number of halogens is 1. The van der Waals surface area contributed by atoms with Crippen molar-refractivity contribution in [2.24, 2.45) is 5.92 Å². The van der Waals surface area contributed by atoms with Gasteiger partial charge in [0.05, 0.1) is 16.6 Å². The summed E-state index contributed by atoms with van der Waals surface area (Å²) in [7, 11) is 0. The van der Waals surface area contributed by atoms with Gasteiger partial charge in [-0.15, -0.1) is 0 Å². The van der Waals surface area contributed by atoms with Gasteiger partial charge in [0.2, 0.25) is 0 Å². The lowest BCUT2D eigenvalue weighted by Gasteiger charge is -2.19. The summed E-state index contributed by atoms with van der Waals surface area (Å²) < 4.78 is 0. The first-order valence-corrected chi connectivity index (χ1v) is 7.18. The number of rotatable bonds is 2. The highest BCUT2D eigenvalue weighted by Gasteiger charge is 2.30. The first-order chi connectivity index (χ1) is 9.66. The number of nitrogens with one attached hydrogen (secondary N) is 1. The highest BCUT2D eigenvalue weighted by atomic mass is 35.5. The molecule has 1 aliphatic carbocycles. The molecule has 0 spiro atoms. The van der Waals surface area contributed by atoms with Crippen LogP contribution in [0.25, 0.3) is 0 Å². The molecular weight excluding hydrogens is 270 g/mol. The maximum atomic E-state index is 12.4. The number of amides is 1. The first kappa shape index (κ1) is 13.2. The molecule has 0 radical (unpaired) electrons. The highest BCUT2D eigenvalue weighted by molar-refractivity contribution is 6.33. The van der Waals surface area contributed by atoms with Crippen LogP contribution in [0.1, 0.15) is 34.5 Å². The van der Waals surface area contributed by atoms with E-state index in [-0.39, 0.29) is 11.9 Å². The van der Waals surface area contributed by atoms with Crippen molar-refractivity contribution in [3.8, 4) is 0 Å². The predicted molar refractivity (Wildman–Crippen MR) is 81.0 cm³/mol. The molecule has 0 bridgehead atoms. The number of hydrogen-bond donors (Lipinski definition) is 1. The quantitative estimate of drug-likeness (QED) is 0.888. The van der Waals surface area contributed by atoms with Gasteiger partial charge >= 0.3 is 0 Å². The zero-order chi connectivity index (χ0) is 14.1. The smallest absolute Gasteiger partial charge is 0.253 e. The van der Waals surface area contributed by atoms with Crippen LogP contribution in [0.2, 0.25) is 5.02 Å². The highest BCUT2D eigenvalue weighted by Crippen LogP contribution is 2.35. The van der Waals surface area contributed by atoms with Gasteiger partial charge in [-0.3, -0.25) is 4.79 Å². The van der Waals surface area contributed by atoms with Crippen molar-refractivity contribution < 1.29 is 4.79 Å². The molecule has 3 rings (SSSR count). The van der Waals surface area contributed by atoms with Crippen molar-refractivity contribution in [2.75, 3.05) is 0 Å². The van der Waals surface area contributed by atoms with Crippen LogP contribution in [-0.4, -0.2) is 5.91 Å². The summed E-state index contributed by atoms with van der Waals surface area (Å²) in [6, 6.07) is 15.5. The molecule has 1 N–H and O–H groups in total. The number of hydrogen-bond acceptors (Lipinski definition) is 1. The maximum Gasteiger partial charge on any atom is 0.253 e. The van der Waals surface area contributed by atoms with Gasteiger partial charge < -0.3 is 5.32 Å². The van der Waals surface area contributed by atoms with Crippen LogP contribution < -0.4 is 5.32 Å². The summed E-state index contributed by atoms with van der Waals surface area (Å²) in [4.78, 5) is 12.4. The lowest BCUT2D eigenvalue weighted by molar-refractivity contribution is 0.0927. The van der Waals surface area contributed by atoms with Crippen molar-refractivity contribution >= 4 is 17.5 Å². The first-order valence-electron chi connectivity index (χ1n) is 6.80. The van der Waals surface area contributed by atoms with Gasteiger partial charge in [-0.05, 0) is 35.6 Å². The van der Waals surface area contributed by atoms with Crippen molar-refractivity contribution in [2.45, 2.75) is 19.4 Å². The molecule has 0 fully saturated rings. The molecule has 0 heterocycles. The third-order valence-electron chi connectivity index (χ3n) is 3.91. The summed E-state index contributed by atoms with van der Waals surface area (Å²) >= 11 is 6.08. The monoisotopic (exact) mass is 285 g/mol. The largest absolute Gasteiger partial charge is 0.345 e. The fourth-order valence-corrected chi connectivity index (χ4v) is 3.10. The third-order valence-corrected chi connectivity index (χ3v) is 4.24. The van der Waals surface area contributed by atoms with E-state index >= 15 is 0 Å². The topological polar surface area (TPSA) is 29.1 Å². The van der Waals surface area contributed by atoms with E-state index < -0.39 is 0 Å². The summed E-state index contributed by atoms with van der Waals surface area (Å²) in [5, 5.41) is 3.61. The minimum atomic E-state index is -0.107. The van der Waals surface area contributed by atoms with Gasteiger partial charge in [0.25, 0.3) is 5.91 Å². The SMILES string of the molecule is CC1Cc2ccccc2C1NC(=O)c1ccccc1Cl. The summed E-state index contributed by atoms with van der Waals surface area (Å²) in [6.07, 6.45) is 1.00. The van der Waals surface area contributed by atoms with Gasteiger partial charge in [-0.25, -0.2) is 0 Å². The van der Waals surface area contributed by atoms with E-state index in [9.17, 15) is 4.79 Å². The molecule has 0 aliphatic heterocycles. The lowest BCUT2D eigenvalue weighted by atomic mass is 10.0. The molecule has 2 atom stereocenters. The van der Waals surface area contributed by atoms with Crippen molar-refractivity contribution in [1.29, 1.82) is 0 Å². The van der Waals surface area contributed by atoms with Crippen LogP contribution in [-0.2, 0) is 6.42 Å². The molecule has 0 saturated carbocycles. The minimum Gasteiger partial charge on any atom is -0.345 e. The van der Waals surface area contributed by atoms with E-state index in [1.54, 1.807) is 12.1 Å². The average molecular weight is 286 g/mol. The Morgan fingerprint density at radius 3 is 2.65 bits per heavy atom. The molecule has 2 nitrogen and oxygen atoms in total. The molecule has 2 aromatic carbocycles. The Bertz CT molecular complexity index is 653. The second kappa shape index (κ2) is 5.29. The molecule has 2 aromatic rings. The Hall–Kier alpha value is -1.80. The Morgan fingerprint density at radius 2 is 1.85 bits per heavy atom. The molecule has 0 aromatic heterocycles. The Balaban J connectivity index is 1.85. The van der Waals surface area contributed by atoms with E-state index in [1.807, 2.05) is 24.3 Å². The van der Waals surface area contributed by atoms with Gasteiger partial charge in [-0.1, -0.05) is 54.9 Å². The molecule has 3 heteroatoms. The normalized spacial score (nSPS) is 20.5. The predicted octanol–water partition coefficient (Wildman–Crippen LogP) is 4.00. The second-order valence-corrected chi connectivity index (χ2v) is 5.72. The zero-order valence-electron chi connectivity index (χ0n) is 11.3. The van der Waals surface area contributed by atoms with E-state index in [1.165, 1.54) is 11.1 Å². The standard InChI is InChI=1S/C17H16ClNO/c1-11-10-12-6-2-3-7-13(12)16(11)19-17(20)14-8-4-5-9-15(14)18/h2-9,11,16H,10H2,1H3,(H,19,20). The van der Waals surface area contributed by atoms with Gasteiger partial charge in [0.15, 0.2) is 0 Å². The molecule has 1 aliphatic rings. The van der Waals surface area contributed by atoms with Crippen molar-refractivity contribution in [3.63, 3.8) is 0 Å². The Kier molecular flexibility index (Phi) is 3.49. The summed E-state index contributed by atoms with van der Waals surface area (Å²) in [6.45, 7) is 2.16. The Morgan fingerprint density at radius 1 is 1.15 bits per heavy atom. The molecule has 102 valence electrons. The molecule has 1 amide bonds. The van der Waals surface area contributed by atoms with Crippen LogP contribution in [0.4, 0.5) is 0 Å². The van der Waals surface area contributed by atoms with E-state index in [0.717, 1.165) is 6.42 Å². The van der Waals surface area contributed by atoms with E-state index in [2.05, 4.69) is 24.4 Å². The maximum absolute atomic E-state index is 12.4. The number of carbonyl (C=O) groups excluding carboxylic acids is 1. The average Bonchev–Trinajstić information content (AvgIpc) is 2.76. The van der Waals surface area contributed by atoms with Crippen LogP contribution >= 0.6 is 11.6 Å². The van der Waals surface area contributed by atoms with Gasteiger partial charge in [0, 0.05) is 0 Å². The fourth-order valence-electron chi connectivity index (χ4n) is 2.88. The van der Waals surface area contributed by atoms with Gasteiger partial charge in [0.1, 0.15) is 0 Å². The third kappa shape index (κ3) is 2.32. The number of fused-ring (bicyclic) bond motifs is 1. The van der Waals surface area contributed by atoms with Crippen LogP contribution in [0.5, 0.6) is 0 Å². The summed E-state index contributed by atoms with van der Waals surface area (Å²) in [5.74, 6) is 0.294. The van der Waals surface area contributed by atoms with Crippen LogP contribution in [0.3, 0.4) is 0 Å². The van der Waals surface area contributed by atoms with E-state index in [4.69, 9.17) is 11.6 Å². The zero-order valence-corrected chi connectivity index (χ0v) is 12.0. The lowest BCUT2D eigenvalue weighted by Crippen LogP contribution is -2.30. The number of benzene rings is 2. The molecule has 0 saturated heterocycles. The second-order valence-electron chi connectivity index (χ2n) is 5.31. The Labute approximate surface area is 123 Å². The minimum absolute atomic E-state index is 0.0648. The summed E-state index contributed by atoms with van der Waals surface area (Å²) in [5.41, 5.74) is 3.08. The molecule has 20 heavy (non-hydrogen) atoms. The fraction of sp³-hybridized carbons (Fsp3) is 0.235. The van der Waals surface area contributed by atoms with Gasteiger partial charge in [-0.2, -0.15) is 0 Å². The van der Waals surface area contributed by atoms with Crippen molar-refractivity contribution in [1.82, 2.24) is 5.32 Å². The molecule has 2 unspecified atom stereocenters. The van der Waals surface area contributed by atoms with Crippen molar-refractivity contribution in [3.05, 3.63) is 70.2 Å². The van der Waals surface area contributed by atoms with E-state index in [0.29, 0.717) is 16.5 Å².